The van der Waals surface area contributed by atoms with Crippen LogP contribution in [0.2, 0.25) is 0 Å². The van der Waals surface area contributed by atoms with E-state index in [2.05, 4.69) is 10.6 Å². The highest BCUT2D eigenvalue weighted by Gasteiger charge is 2.23. The second kappa shape index (κ2) is 6.56. The summed E-state index contributed by atoms with van der Waals surface area (Å²) in [6, 6.07) is -0.438. The average molecular weight is 243 g/mol. The number of morpholine rings is 1. The number of nitrogens with one attached hydrogen (secondary N) is 2. The maximum absolute atomic E-state index is 11.6. The topological polar surface area (TPSA) is 70.7 Å². The molecule has 3 amide bonds. The largest absolute Gasteiger partial charge is 0.373 e. The quantitative estimate of drug-likeness (QED) is 0.728. The summed E-state index contributed by atoms with van der Waals surface area (Å²) in [5.41, 5.74) is 0. The molecule has 0 bridgehead atoms. The van der Waals surface area contributed by atoms with Crippen LogP contribution in [-0.2, 0) is 9.53 Å². The van der Waals surface area contributed by atoms with Gasteiger partial charge in [0, 0.05) is 19.6 Å². The molecule has 6 heteroatoms. The van der Waals surface area contributed by atoms with E-state index in [1.54, 1.807) is 6.92 Å². The fraction of sp³-hybridized carbons (Fsp3) is 0.818. The summed E-state index contributed by atoms with van der Waals surface area (Å²) in [5, 5.41) is 4.80. The monoisotopic (exact) mass is 243 g/mol. The smallest absolute Gasteiger partial charge is 0.321 e. The number of imide groups is 1. The number of amides is 3. The van der Waals surface area contributed by atoms with Gasteiger partial charge in [-0.1, -0.05) is 0 Å². The lowest BCUT2D eigenvalue weighted by molar-refractivity contribution is -0.124. The molecule has 0 unspecified atom stereocenters. The van der Waals surface area contributed by atoms with Crippen LogP contribution in [0, 0.1) is 0 Å². The van der Waals surface area contributed by atoms with Crippen molar-refractivity contribution in [3.05, 3.63) is 0 Å². The molecule has 98 valence electrons. The zero-order chi connectivity index (χ0) is 12.8. The van der Waals surface area contributed by atoms with Gasteiger partial charge in [-0.3, -0.25) is 15.0 Å². The van der Waals surface area contributed by atoms with E-state index in [4.69, 9.17) is 4.74 Å². The van der Waals surface area contributed by atoms with Crippen molar-refractivity contribution in [2.24, 2.45) is 0 Å². The first-order valence-corrected chi connectivity index (χ1v) is 5.96. The molecular formula is C11H21N3O3. The van der Waals surface area contributed by atoms with Crippen LogP contribution in [0.4, 0.5) is 4.79 Å². The summed E-state index contributed by atoms with van der Waals surface area (Å²) in [5.74, 6) is -0.280. The molecule has 0 aromatic heterocycles. The number of rotatable bonds is 3. The first kappa shape index (κ1) is 13.9. The standard InChI is InChI=1S/C11H21N3O3/c1-4-12-11(16)13-10(15)7-14-5-8(2)17-9(3)6-14/h8-9H,4-7H2,1-3H3,(H2,12,13,15,16)/t8-,9-/m0/s1. The molecule has 0 spiro atoms. The Balaban J connectivity index is 2.32. The van der Waals surface area contributed by atoms with Crippen molar-refractivity contribution >= 4 is 11.9 Å². The minimum Gasteiger partial charge on any atom is -0.373 e. The van der Waals surface area contributed by atoms with E-state index in [0.29, 0.717) is 19.6 Å². The van der Waals surface area contributed by atoms with Crippen molar-refractivity contribution in [1.82, 2.24) is 15.5 Å². The van der Waals surface area contributed by atoms with Crippen molar-refractivity contribution in [2.75, 3.05) is 26.2 Å². The molecule has 0 saturated carbocycles. The van der Waals surface area contributed by atoms with E-state index in [9.17, 15) is 9.59 Å². The molecule has 17 heavy (non-hydrogen) atoms. The van der Waals surface area contributed by atoms with Gasteiger partial charge >= 0.3 is 6.03 Å². The second-order valence-electron chi connectivity index (χ2n) is 4.36. The van der Waals surface area contributed by atoms with Gasteiger partial charge in [0.15, 0.2) is 0 Å². The number of hydrogen-bond donors (Lipinski definition) is 2. The first-order chi connectivity index (χ1) is 8.01. The van der Waals surface area contributed by atoms with E-state index < -0.39 is 6.03 Å². The number of hydrogen-bond acceptors (Lipinski definition) is 4. The Kier molecular flexibility index (Phi) is 5.37. The van der Waals surface area contributed by atoms with Crippen LogP contribution >= 0.6 is 0 Å². The minimum atomic E-state index is -0.438. The maximum atomic E-state index is 11.6. The molecule has 2 N–H and O–H groups in total. The van der Waals surface area contributed by atoms with E-state index in [-0.39, 0.29) is 24.7 Å². The Bertz CT molecular complexity index is 273. The Morgan fingerprint density at radius 2 is 1.88 bits per heavy atom. The molecule has 1 saturated heterocycles. The van der Waals surface area contributed by atoms with Crippen LogP contribution in [0.3, 0.4) is 0 Å². The lowest BCUT2D eigenvalue weighted by Gasteiger charge is -2.34. The van der Waals surface area contributed by atoms with Crippen molar-refractivity contribution in [3.8, 4) is 0 Å². The van der Waals surface area contributed by atoms with Crippen molar-refractivity contribution in [2.45, 2.75) is 33.0 Å². The zero-order valence-electron chi connectivity index (χ0n) is 10.7. The van der Waals surface area contributed by atoms with Crippen LogP contribution in [0.5, 0.6) is 0 Å². The van der Waals surface area contributed by atoms with Crippen LogP contribution in [0.15, 0.2) is 0 Å². The fourth-order valence-corrected chi connectivity index (χ4v) is 1.99. The van der Waals surface area contributed by atoms with Crippen molar-refractivity contribution < 1.29 is 14.3 Å². The van der Waals surface area contributed by atoms with Gasteiger partial charge < -0.3 is 10.1 Å². The third-order valence-corrected chi connectivity index (χ3v) is 2.45. The SMILES string of the molecule is CCNC(=O)NC(=O)CN1C[C@H](C)O[C@@H](C)C1. The van der Waals surface area contributed by atoms with E-state index >= 15 is 0 Å². The highest BCUT2D eigenvalue weighted by Crippen LogP contribution is 2.09. The van der Waals surface area contributed by atoms with Crippen molar-refractivity contribution in [1.29, 1.82) is 0 Å². The second-order valence-corrected chi connectivity index (χ2v) is 4.36. The summed E-state index contributed by atoms with van der Waals surface area (Å²) in [7, 11) is 0. The molecule has 1 rings (SSSR count). The number of nitrogens with zero attached hydrogens (tertiary/aromatic N) is 1. The number of carbonyl (C=O) groups is 2. The molecular weight excluding hydrogens is 222 g/mol. The Morgan fingerprint density at radius 1 is 1.29 bits per heavy atom. The molecule has 6 nitrogen and oxygen atoms in total. The summed E-state index contributed by atoms with van der Waals surface area (Å²) >= 11 is 0. The van der Waals surface area contributed by atoms with Crippen LogP contribution < -0.4 is 10.6 Å². The lowest BCUT2D eigenvalue weighted by Crippen LogP contribution is -2.50. The summed E-state index contributed by atoms with van der Waals surface area (Å²) in [6.07, 6.45) is 0.243. The molecule has 0 aliphatic carbocycles. The average Bonchev–Trinajstić information content (AvgIpc) is 2.14. The highest BCUT2D eigenvalue weighted by atomic mass is 16.5. The van der Waals surface area contributed by atoms with Crippen molar-refractivity contribution in [3.63, 3.8) is 0 Å². The number of urea groups is 1. The van der Waals surface area contributed by atoms with E-state index in [0.717, 1.165) is 0 Å². The minimum absolute atomic E-state index is 0.121. The van der Waals surface area contributed by atoms with Gasteiger partial charge in [-0.05, 0) is 20.8 Å². The van der Waals surface area contributed by atoms with Crippen LogP contribution in [0.1, 0.15) is 20.8 Å². The molecule has 0 aromatic rings. The highest BCUT2D eigenvalue weighted by molar-refractivity contribution is 5.95. The predicted octanol–water partition coefficient (Wildman–Crippen LogP) is -0.0587. The van der Waals surface area contributed by atoms with Gasteiger partial charge in [0.1, 0.15) is 0 Å². The zero-order valence-corrected chi connectivity index (χ0v) is 10.7. The third-order valence-electron chi connectivity index (χ3n) is 2.45. The Hall–Kier alpha value is -1.14. The maximum Gasteiger partial charge on any atom is 0.321 e. The van der Waals surface area contributed by atoms with Gasteiger partial charge in [-0.2, -0.15) is 0 Å². The fourth-order valence-electron chi connectivity index (χ4n) is 1.99. The van der Waals surface area contributed by atoms with Crippen LogP contribution in [-0.4, -0.2) is 55.2 Å². The molecule has 0 radical (unpaired) electrons. The molecule has 0 aromatic carbocycles. The van der Waals surface area contributed by atoms with Gasteiger partial charge in [-0.25, -0.2) is 4.79 Å². The van der Waals surface area contributed by atoms with Gasteiger partial charge in [0.2, 0.25) is 5.91 Å². The third kappa shape index (κ3) is 5.14. The number of ether oxygens (including phenoxy) is 1. The lowest BCUT2D eigenvalue weighted by atomic mass is 10.2. The van der Waals surface area contributed by atoms with Crippen LogP contribution in [0.25, 0.3) is 0 Å². The molecule has 2 atom stereocenters. The van der Waals surface area contributed by atoms with Gasteiger partial charge in [0.05, 0.1) is 18.8 Å². The number of carbonyl (C=O) groups excluding carboxylic acids is 2. The van der Waals surface area contributed by atoms with E-state index in [1.165, 1.54) is 0 Å². The summed E-state index contributed by atoms with van der Waals surface area (Å²) in [4.78, 5) is 24.7. The normalized spacial score (nSPS) is 25.4. The Labute approximate surface area is 102 Å². The molecule has 1 fully saturated rings. The van der Waals surface area contributed by atoms with Gasteiger partial charge in [-0.15, -0.1) is 0 Å². The van der Waals surface area contributed by atoms with Gasteiger partial charge in [0.25, 0.3) is 0 Å². The summed E-state index contributed by atoms with van der Waals surface area (Å²) in [6.45, 7) is 7.92. The van der Waals surface area contributed by atoms with E-state index in [1.807, 2.05) is 18.7 Å². The molecule has 1 heterocycles. The Morgan fingerprint density at radius 3 is 2.41 bits per heavy atom. The molecule has 1 aliphatic heterocycles. The molecule has 1 aliphatic rings. The first-order valence-electron chi connectivity index (χ1n) is 5.96. The summed E-state index contributed by atoms with van der Waals surface area (Å²) < 4.78 is 5.56. The predicted molar refractivity (Wildman–Crippen MR) is 63.7 cm³/mol.